The number of hydrogen-bond acceptors (Lipinski definition) is 6. The Balaban J connectivity index is 1.73. The Morgan fingerprint density at radius 1 is 0.971 bits per heavy atom. The number of benzene rings is 1. The molecule has 0 fully saturated rings. The molecule has 35 heavy (non-hydrogen) atoms. The van der Waals surface area contributed by atoms with Gasteiger partial charge in [-0.3, -0.25) is 14.5 Å². The molecule has 1 aliphatic rings. The molecular weight excluding hydrogens is 462 g/mol. The predicted octanol–water partition coefficient (Wildman–Crippen LogP) is 4.99. The number of nitrogens with zero attached hydrogens (tertiary/aromatic N) is 5. The van der Waals surface area contributed by atoms with Crippen molar-refractivity contribution < 1.29 is 9.59 Å². The van der Waals surface area contributed by atoms with Gasteiger partial charge in [0.2, 0.25) is 0 Å². The molecule has 184 valence electrons. The van der Waals surface area contributed by atoms with Crippen molar-refractivity contribution in [3.63, 3.8) is 0 Å². The van der Waals surface area contributed by atoms with Gasteiger partial charge in [0, 0.05) is 50.0 Å². The Kier molecular flexibility index (Phi) is 10.2. The summed E-state index contributed by atoms with van der Waals surface area (Å²) in [4.78, 5) is 41.9. The molecule has 0 spiro atoms. The summed E-state index contributed by atoms with van der Waals surface area (Å²) in [5.41, 5.74) is 3.02. The molecule has 8 heteroatoms. The van der Waals surface area contributed by atoms with Gasteiger partial charge in [-0.05, 0) is 48.8 Å². The highest BCUT2D eigenvalue weighted by Gasteiger charge is 2.30. The number of amides is 1. The van der Waals surface area contributed by atoms with Crippen molar-refractivity contribution in [2.24, 2.45) is 4.99 Å². The van der Waals surface area contributed by atoms with Gasteiger partial charge in [-0.25, -0.2) is 15.0 Å². The van der Waals surface area contributed by atoms with Gasteiger partial charge in [-0.15, -0.1) is 11.6 Å². The molecule has 0 saturated heterocycles. The van der Waals surface area contributed by atoms with E-state index in [9.17, 15) is 9.59 Å². The number of hydrogen-bond donors (Lipinski definition) is 0. The second-order valence-electron chi connectivity index (χ2n) is 8.63. The van der Waals surface area contributed by atoms with Gasteiger partial charge in [0.25, 0.3) is 5.91 Å². The topological polar surface area (TPSA) is 78.8 Å². The first kappa shape index (κ1) is 26.3. The fourth-order valence-corrected chi connectivity index (χ4v) is 3.83. The number of rotatable bonds is 13. The molecule has 1 aromatic heterocycles. The van der Waals surface area contributed by atoms with Crippen LogP contribution in [0.5, 0.6) is 0 Å². The quantitative estimate of drug-likeness (QED) is 0.223. The molecule has 3 rings (SSSR count). The van der Waals surface area contributed by atoms with Crippen molar-refractivity contribution in [2.45, 2.75) is 38.5 Å². The van der Waals surface area contributed by atoms with Crippen LogP contribution in [0.3, 0.4) is 0 Å². The third-order valence-electron chi connectivity index (χ3n) is 5.62. The number of halogens is 1. The lowest BCUT2D eigenvalue weighted by Gasteiger charge is -2.15. The Hall–Kier alpha value is -3.32. The third kappa shape index (κ3) is 8.14. The van der Waals surface area contributed by atoms with Crippen LogP contribution in [-0.4, -0.2) is 58.9 Å². The van der Waals surface area contributed by atoms with Crippen LogP contribution < -0.4 is 4.90 Å². The fraction of sp³-hybridized carbons (Fsp3) is 0.370. The first-order valence-electron chi connectivity index (χ1n) is 11.9. The monoisotopic (exact) mass is 493 g/mol. The highest BCUT2D eigenvalue weighted by Crippen LogP contribution is 2.21. The molecule has 2 heterocycles. The standard InChI is InChI=1S/C27H32ClN5O2/c1-32(2)23-12-9-21(10-13-23)16-25-27(35)33(19-24(34)8-6-4-3-5-7-15-28)26(31-25)14-11-22-17-29-20-30-18-22/h9-14,16-18,20H,3-8,15,19H2,1-2H3/b14-11+,25-16-. The van der Waals surface area contributed by atoms with Crippen LogP contribution in [0, 0.1) is 0 Å². The van der Waals surface area contributed by atoms with E-state index >= 15 is 0 Å². The largest absolute Gasteiger partial charge is 0.378 e. The zero-order valence-corrected chi connectivity index (χ0v) is 21.1. The van der Waals surface area contributed by atoms with Crippen molar-refractivity contribution in [3.05, 3.63) is 65.9 Å². The fourth-order valence-electron chi connectivity index (χ4n) is 3.64. The molecule has 0 bridgehead atoms. The molecule has 1 aromatic carbocycles. The third-order valence-corrected chi connectivity index (χ3v) is 5.89. The highest BCUT2D eigenvalue weighted by molar-refractivity contribution is 6.19. The summed E-state index contributed by atoms with van der Waals surface area (Å²) in [6, 6.07) is 7.86. The van der Waals surface area contributed by atoms with Crippen molar-refractivity contribution in [3.8, 4) is 0 Å². The SMILES string of the molecule is CN(C)c1ccc(/C=C2N=C(/C=C/c3cncnc3)N(CC(=O)CCCCCCCCl)C\2=O)cc1. The van der Waals surface area contributed by atoms with Crippen molar-refractivity contribution in [1.82, 2.24) is 14.9 Å². The first-order chi connectivity index (χ1) is 17.0. The highest BCUT2D eigenvalue weighted by atomic mass is 35.5. The minimum absolute atomic E-state index is 0.00584. The maximum Gasteiger partial charge on any atom is 0.278 e. The molecule has 1 aliphatic heterocycles. The average molecular weight is 494 g/mol. The molecule has 1 amide bonds. The molecule has 0 radical (unpaired) electrons. The van der Waals surface area contributed by atoms with Crippen molar-refractivity contribution in [2.75, 3.05) is 31.4 Å². The smallest absolute Gasteiger partial charge is 0.278 e. The Morgan fingerprint density at radius 2 is 1.66 bits per heavy atom. The summed E-state index contributed by atoms with van der Waals surface area (Å²) in [5.74, 6) is 0.860. The summed E-state index contributed by atoms with van der Waals surface area (Å²) in [7, 11) is 3.95. The molecule has 0 aliphatic carbocycles. The summed E-state index contributed by atoms with van der Waals surface area (Å²) in [5, 5.41) is 0. The normalized spacial score (nSPS) is 14.7. The summed E-state index contributed by atoms with van der Waals surface area (Å²) in [6.45, 7) is 0.00584. The lowest BCUT2D eigenvalue weighted by molar-refractivity contribution is -0.128. The lowest BCUT2D eigenvalue weighted by atomic mass is 10.1. The van der Waals surface area contributed by atoms with Gasteiger partial charge in [0.05, 0.1) is 6.54 Å². The van der Waals surface area contributed by atoms with Gasteiger partial charge in [-0.1, -0.05) is 31.4 Å². The Labute approximate surface area is 212 Å². The number of Topliss-reactive ketones (excluding diaryl/α,β-unsaturated/α-hetero) is 1. The van der Waals surface area contributed by atoms with E-state index < -0.39 is 0 Å². The van der Waals surface area contributed by atoms with E-state index in [4.69, 9.17) is 11.6 Å². The number of anilines is 1. The van der Waals surface area contributed by atoms with Crippen LogP contribution >= 0.6 is 11.6 Å². The second-order valence-corrected chi connectivity index (χ2v) is 9.01. The zero-order chi connectivity index (χ0) is 25.0. The predicted molar refractivity (Wildman–Crippen MR) is 142 cm³/mol. The van der Waals surface area contributed by atoms with Crippen LogP contribution in [0.4, 0.5) is 5.69 Å². The van der Waals surface area contributed by atoms with Crippen molar-refractivity contribution >= 4 is 47.0 Å². The molecule has 7 nitrogen and oxygen atoms in total. The minimum Gasteiger partial charge on any atom is -0.378 e. The molecule has 0 saturated carbocycles. The van der Waals surface area contributed by atoms with Gasteiger partial charge < -0.3 is 4.90 Å². The molecule has 0 unspecified atom stereocenters. The summed E-state index contributed by atoms with van der Waals surface area (Å²) < 4.78 is 0. The van der Waals surface area contributed by atoms with Gasteiger partial charge in [0.1, 0.15) is 17.9 Å². The van der Waals surface area contributed by atoms with Crippen LogP contribution in [0.2, 0.25) is 0 Å². The minimum atomic E-state index is -0.277. The van der Waals surface area contributed by atoms with Crippen LogP contribution in [0.15, 0.2) is 59.8 Å². The molecular formula is C27H32ClN5O2. The first-order valence-corrected chi connectivity index (χ1v) is 12.4. The number of alkyl halides is 1. The zero-order valence-electron chi connectivity index (χ0n) is 20.4. The number of carbonyl (C=O) groups is 2. The summed E-state index contributed by atoms with van der Waals surface area (Å²) >= 11 is 5.71. The number of carbonyl (C=O) groups excluding carboxylic acids is 2. The van der Waals surface area contributed by atoms with Crippen LogP contribution in [0.25, 0.3) is 12.2 Å². The van der Waals surface area contributed by atoms with E-state index in [1.807, 2.05) is 43.3 Å². The number of unbranched alkanes of at least 4 members (excludes halogenated alkanes) is 4. The van der Waals surface area contributed by atoms with Crippen molar-refractivity contribution in [1.29, 1.82) is 0 Å². The Morgan fingerprint density at radius 3 is 2.34 bits per heavy atom. The average Bonchev–Trinajstić information content (AvgIpc) is 3.15. The van der Waals surface area contributed by atoms with Crippen LogP contribution in [0.1, 0.15) is 49.7 Å². The van der Waals surface area contributed by atoms with Gasteiger partial charge in [-0.2, -0.15) is 0 Å². The number of ketones is 1. The maximum atomic E-state index is 13.2. The van der Waals surface area contributed by atoms with E-state index in [0.29, 0.717) is 23.8 Å². The van der Waals surface area contributed by atoms with E-state index in [-0.39, 0.29) is 18.2 Å². The van der Waals surface area contributed by atoms with E-state index in [2.05, 4.69) is 15.0 Å². The maximum absolute atomic E-state index is 13.2. The van der Waals surface area contributed by atoms with Gasteiger partial charge in [0.15, 0.2) is 5.78 Å². The van der Waals surface area contributed by atoms with Gasteiger partial charge >= 0.3 is 0 Å². The molecule has 2 aromatic rings. The number of aliphatic imine (C=N–C) groups is 1. The number of amidine groups is 1. The lowest BCUT2D eigenvalue weighted by Crippen LogP contribution is -2.35. The second kappa shape index (κ2) is 13.5. The van der Waals surface area contributed by atoms with Crippen LogP contribution in [-0.2, 0) is 9.59 Å². The number of aromatic nitrogens is 2. The summed E-state index contributed by atoms with van der Waals surface area (Å²) in [6.07, 6.45) is 15.5. The molecule has 0 N–H and O–H groups in total. The molecule has 0 atom stereocenters. The van der Waals surface area contributed by atoms with E-state index in [0.717, 1.165) is 48.9 Å². The Bertz CT molecular complexity index is 1080. The van der Waals surface area contributed by atoms with E-state index in [1.54, 1.807) is 30.6 Å². The van der Waals surface area contributed by atoms with E-state index in [1.165, 1.54) is 11.2 Å².